The summed E-state index contributed by atoms with van der Waals surface area (Å²) < 4.78 is 33.8. The number of rotatable bonds is 8. The van der Waals surface area contributed by atoms with E-state index < -0.39 is 16.1 Å². The molecule has 1 unspecified atom stereocenters. The van der Waals surface area contributed by atoms with Crippen molar-refractivity contribution in [3.8, 4) is 5.75 Å². The van der Waals surface area contributed by atoms with Crippen molar-refractivity contribution in [2.45, 2.75) is 38.0 Å². The zero-order valence-electron chi connectivity index (χ0n) is 18.6. The number of nitrogens with zero attached hydrogens (tertiary/aromatic N) is 1. The number of hydrogen-bond donors (Lipinski definition) is 1. The van der Waals surface area contributed by atoms with E-state index in [-0.39, 0.29) is 18.2 Å². The van der Waals surface area contributed by atoms with Gasteiger partial charge in [-0.05, 0) is 48.2 Å². The topological polar surface area (TPSA) is 75.7 Å². The van der Waals surface area contributed by atoms with Gasteiger partial charge in [0.15, 0.2) is 6.10 Å². The fourth-order valence-electron chi connectivity index (χ4n) is 3.82. The molecule has 33 heavy (non-hydrogen) atoms. The summed E-state index contributed by atoms with van der Waals surface area (Å²) in [6, 6.07) is 23.6. The lowest BCUT2D eigenvalue weighted by atomic mass is 10.1. The van der Waals surface area contributed by atoms with E-state index in [1.807, 2.05) is 42.5 Å². The van der Waals surface area contributed by atoms with Crippen LogP contribution in [0.3, 0.4) is 0 Å². The first-order chi connectivity index (χ1) is 16.0. The Kier molecular flexibility index (Phi) is 6.99. The number of fused-ring (bicyclic) bond motifs is 1. The second-order valence-corrected chi connectivity index (χ2v) is 10.0. The minimum Gasteiger partial charge on any atom is -0.476 e. The molecular formula is C26H28N2O4S. The number of ether oxygens (including phenoxy) is 1. The second kappa shape index (κ2) is 10.1. The highest BCUT2D eigenvalue weighted by Crippen LogP contribution is 2.36. The fourth-order valence-corrected chi connectivity index (χ4v) is 5.41. The summed E-state index contributed by atoms with van der Waals surface area (Å²) in [5, 5.41) is 2.86. The Morgan fingerprint density at radius 2 is 1.67 bits per heavy atom. The van der Waals surface area contributed by atoms with E-state index in [1.54, 1.807) is 36.4 Å². The van der Waals surface area contributed by atoms with E-state index >= 15 is 0 Å². The standard InChI is InChI=1S/C26H28N2O4S/c1-2-3-9-20-14-16-22(17-15-20)27-26(29)25-18-28(23-12-7-8-13-24(23)32-25)33(30,31)19-21-10-5-4-6-11-21/h4-8,10-17,25H,2-3,9,18-19H2,1H3,(H,27,29). The van der Waals surface area contributed by atoms with Gasteiger partial charge >= 0.3 is 0 Å². The summed E-state index contributed by atoms with van der Waals surface area (Å²) in [5.74, 6) is -0.170. The molecule has 1 aliphatic heterocycles. The molecule has 0 radical (unpaired) electrons. The molecule has 0 fully saturated rings. The SMILES string of the molecule is CCCCc1ccc(NC(=O)C2CN(S(=O)(=O)Cc3ccccc3)c3ccccc3O2)cc1. The number of carbonyl (C=O) groups excluding carboxylic acids is 1. The number of nitrogens with one attached hydrogen (secondary N) is 1. The Hall–Kier alpha value is -3.32. The molecule has 3 aromatic carbocycles. The van der Waals surface area contributed by atoms with Gasteiger partial charge < -0.3 is 10.1 Å². The number of sulfonamides is 1. The molecule has 1 atom stereocenters. The molecular weight excluding hydrogens is 436 g/mol. The van der Waals surface area contributed by atoms with Gasteiger partial charge in [0, 0.05) is 5.69 Å². The predicted molar refractivity (Wildman–Crippen MR) is 131 cm³/mol. The van der Waals surface area contributed by atoms with Crippen molar-refractivity contribution < 1.29 is 17.9 Å². The largest absolute Gasteiger partial charge is 0.476 e. The Labute approximate surface area is 195 Å². The zero-order chi connectivity index (χ0) is 23.3. The van der Waals surface area contributed by atoms with E-state index in [0.29, 0.717) is 22.7 Å². The normalized spacial score (nSPS) is 15.4. The van der Waals surface area contributed by atoms with Crippen LogP contribution in [0.4, 0.5) is 11.4 Å². The zero-order valence-corrected chi connectivity index (χ0v) is 19.4. The number of unbranched alkanes of at least 4 members (excludes halogenated alkanes) is 1. The smallest absolute Gasteiger partial charge is 0.267 e. The number of carbonyl (C=O) groups is 1. The number of para-hydroxylation sites is 2. The average molecular weight is 465 g/mol. The summed E-state index contributed by atoms with van der Waals surface area (Å²) in [6.07, 6.45) is 2.28. The molecule has 4 rings (SSSR count). The first-order valence-corrected chi connectivity index (χ1v) is 12.8. The summed E-state index contributed by atoms with van der Waals surface area (Å²) in [6.45, 7) is 2.06. The minimum atomic E-state index is -3.73. The van der Waals surface area contributed by atoms with Crippen molar-refractivity contribution in [3.05, 3.63) is 90.0 Å². The van der Waals surface area contributed by atoms with Crippen LogP contribution in [0.1, 0.15) is 30.9 Å². The molecule has 1 amide bonds. The van der Waals surface area contributed by atoms with Crippen LogP contribution in [0.5, 0.6) is 5.75 Å². The molecule has 0 aliphatic carbocycles. The molecule has 1 heterocycles. The number of hydrogen-bond acceptors (Lipinski definition) is 4. The Bertz CT molecular complexity index is 1190. The van der Waals surface area contributed by atoms with Crippen LogP contribution < -0.4 is 14.4 Å². The van der Waals surface area contributed by atoms with Crippen LogP contribution in [0.15, 0.2) is 78.9 Å². The summed E-state index contributed by atoms with van der Waals surface area (Å²) in [5.41, 5.74) is 3.00. The Morgan fingerprint density at radius 3 is 2.39 bits per heavy atom. The van der Waals surface area contributed by atoms with E-state index in [1.165, 1.54) is 9.87 Å². The highest BCUT2D eigenvalue weighted by atomic mass is 32.2. The van der Waals surface area contributed by atoms with Gasteiger partial charge in [0.05, 0.1) is 18.0 Å². The van der Waals surface area contributed by atoms with E-state index in [0.717, 1.165) is 19.3 Å². The van der Waals surface area contributed by atoms with Gasteiger partial charge in [-0.2, -0.15) is 0 Å². The monoisotopic (exact) mass is 464 g/mol. The molecule has 0 aromatic heterocycles. The summed E-state index contributed by atoms with van der Waals surface area (Å²) >= 11 is 0. The van der Waals surface area contributed by atoms with Gasteiger partial charge in [-0.3, -0.25) is 9.10 Å². The number of amides is 1. The molecule has 1 N–H and O–H groups in total. The highest BCUT2D eigenvalue weighted by Gasteiger charge is 2.36. The van der Waals surface area contributed by atoms with Gasteiger partial charge in [0.2, 0.25) is 10.0 Å². The number of aryl methyl sites for hydroxylation is 1. The van der Waals surface area contributed by atoms with Crippen LogP contribution in [-0.2, 0) is 27.0 Å². The third kappa shape index (κ3) is 5.54. The first kappa shape index (κ1) is 22.9. The third-order valence-electron chi connectivity index (χ3n) is 5.60. The maximum Gasteiger partial charge on any atom is 0.267 e. The fraction of sp³-hybridized carbons (Fsp3) is 0.269. The summed E-state index contributed by atoms with van der Waals surface area (Å²) in [7, 11) is -3.73. The average Bonchev–Trinajstić information content (AvgIpc) is 2.83. The van der Waals surface area contributed by atoms with Crippen molar-refractivity contribution in [1.29, 1.82) is 0 Å². The Balaban J connectivity index is 1.52. The van der Waals surface area contributed by atoms with Crippen molar-refractivity contribution in [3.63, 3.8) is 0 Å². The third-order valence-corrected chi connectivity index (χ3v) is 7.31. The number of anilines is 2. The molecule has 0 spiro atoms. The minimum absolute atomic E-state index is 0.0907. The molecule has 7 heteroatoms. The van der Waals surface area contributed by atoms with Crippen molar-refractivity contribution >= 4 is 27.3 Å². The maximum absolute atomic E-state index is 13.3. The lowest BCUT2D eigenvalue weighted by molar-refractivity contribution is -0.122. The van der Waals surface area contributed by atoms with E-state index in [9.17, 15) is 13.2 Å². The van der Waals surface area contributed by atoms with Crippen LogP contribution in [0.25, 0.3) is 0 Å². The van der Waals surface area contributed by atoms with E-state index in [2.05, 4.69) is 12.2 Å². The molecule has 0 saturated carbocycles. The Morgan fingerprint density at radius 1 is 0.970 bits per heavy atom. The van der Waals surface area contributed by atoms with Gasteiger partial charge in [-0.15, -0.1) is 0 Å². The van der Waals surface area contributed by atoms with Crippen LogP contribution in [0, 0.1) is 0 Å². The molecule has 0 bridgehead atoms. The molecule has 0 saturated heterocycles. The van der Waals surface area contributed by atoms with Gasteiger partial charge in [-0.25, -0.2) is 8.42 Å². The second-order valence-electron chi connectivity index (χ2n) is 8.14. The highest BCUT2D eigenvalue weighted by molar-refractivity contribution is 7.92. The summed E-state index contributed by atoms with van der Waals surface area (Å²) in [4.78, 5) is 13.0. The van der Waals surface area contributed by atoms with Crippen molar-refractivity contribution in [1.82, 2.24) is 0 Å². The van der Waals surface area contributed by atoms with E-state index in [4.69, 9.17) is 4.74 Å². The molecule has 3 aromatic rings. The van der Waals surface area contributed by atoms with Crippen LogP contribution in [0.2, 0.25) is 0 Å². The lowest BCUT2D eigenvalue weighted by Gasteiger charge is -2.34. The van der Waals surface area contributed by atoms with Crippen molar-refractivity contribution in [2.24, 2.45) is 0 Å². The van der Waals surface area contributed by atoms with Gasteiger partial charge in [-0.1, -0.05) is 67.9 Å². The predicted octanol–water partition coefficient (Wildman–Crippen LogP) is 4.77. The van der Waals surface area contributed by atoms with Crippen LogP contribution in [-0.4, -0.2) is 27.0 Å². The maximum atomic E-state index is 13.3. The molecule has 1 aliphatic rings. The number of benzene rings is 3. The lowest BCUT2D eigenvalue weighted by Crippen LogP contribution is -2.49. The van der Waals surface area contributed by atoms with Crippen LogP contribution >= 0.6 is 0 Å². The quantitative estimate of drug-likeness (QED) is 0.521. The molecule has 172 valence electrons. The van der Waals surface area contributed by atoms with Crippen molar-refractivity contribution in [2.75, 3.05) is 16.2 Å². The van der Waals surface area contributed by atoms with Gasteiger partial charge in [0.1, 0.15) is 5.75 Å². The van der Waals surface area contributed by atoms with Gasteiger partial charge in [0.25, 0.3) is 5.91 Å². The first-order valence-electron chi connectivity index (χ1n) is 11.2. The molecule has 6 nitrogen and oxygen atoms in total.